The van der Waals surface area contributed by atoms with Gasteiger partial charge in [-0.15, -0.1) is 0 Å². The number of ether oxygens (including phenoxy) is 1. The van der Waals surface area contributed by atoms with Gasteiger partial charge >= 0.3 is 0 Å². The topological polar surface area (TPSA) is 84.7 Å². The minimum atomic E-state index is -0.645. The number of anilines is 2. The van der Waals surface area contributed by atoms with Crippen LogP contribution >= 0.6 is 0 Å². The summed E-state index contributed by atoms with van der Waals surface area (Å²) < 4.78 is 11.3. The van der Waals surface area contributed by atoms with Crippen molar-refractivity contribution in [1.29, 1.82) is 0 Å². The van der Waals surface area contributed by atoms with Gasteiger partial charge in [0.15, 0.2) is 11.5 Å². The lowest BCUT2D eigenvalue weighted by atomic mass is 9.92. The normalized spacial score (nSPS) is 15.1. The summed E-state index contributed by atoms with van der Waals surface area (Å²) in [5.74, 6) is 1.21. The van der Waals surface area contributed by atoms with E-state index < -0.39 is 11.3 Å². The van der Waals surface area contributed by atoms with Crippen molar-refractivity contribution >= 4 is 23.2 Å². The standard InChI is InChI=1S/C26H29N3O4/c1-17(2)12-13-29-21-14-19(10-11-22(21)32-16-26(3,4)25(29)31)27-24(30)20-15-23(33-28-20)18-8-6-5-7-9-18/h5-11,14-15,17H,12-13,16H2,1-4H3,(H,27,30). The monoisotopic (exact) mass is 447 g/mol. The highest BCUT2D eigenvalue weighted by Gasteiger charge is 2.37. The lowest BCUT2D eigenvalue weighted by molar-refractivity contribution is -0.127. The summed E-state index contributed by atoms with van der Waals surface area (Å²) in [6, 6.07) is 16.4. The third kappa shape index (κ3) is 4.92. The van der Waals surface area contributed by atoms with Crippen LogP contribution in [0.2, 0.25) is 0 Å². The smallest absolute Gasteiger partial charge is 0.277 e. The Balaban J connectivity index is 1.58. The van der Waals surface area contributed by atoms with E-state index in [4.69, 9.17) is 9.26 Å². The first-order valence-corrected chi connectivity index (χ1v) is 11.2. The van der Waals surface area contributed by atoms with E-state index in [-0.39, 0.29) is 11.6 Å². The Kier molecular flexibility index (Phi) is 6.22. The molecule has 7 nitrogen and oxygen atoms in total. The van der Waals surface area contributed by atoms with Gasteiger partial charge in [0.1, 0.15) is 12.4 Å². The first-order chi connectivity index (χ1) is 15.7. The van der Waals surface area contributed by atoms with Crippen molar-refractivity contribution in [3.63, 3.8) is 0 Å². The average Bonchev–Trinajstić information content (AvgIpc) is 3.26. The Morgan fingerprint density at radius 3 is 2.64 bits per heavy atom. The molecule has 1 aliphatic rings. The molecule has 0 saturated heterocycles. The number of nitrogens with zero attached hydrogens (tertiary/aromatic N) is 2. The molecule has 3 aromatic rings. The Morgan fingerprint density at radius 1 is 1.15 bits per heavy atom. The molecule has 0 unspecified atom stereocenters. The van der Waals surface area contributed by atoms with Crippen LogP contribution in [-0.4, -0.2) is 30.1 Å². The largest absolute Gasteiger partial charge is 0.490 e. The van der Waals surface area contributed by atoms with Gasteiger partial charge in [0.05, 0.1) is 11.1 Å². The molecule has 0 atom stereocenters. The quantitative estimate of drug-likeness (QED) is 0.547. The zero-order valence-electron chi connectivity index (χ0n) is 19.4. The number of rotatable bonds is 6. The second-order valence-corrected chi connectivity index (χ2v) is 9.39. The van der Waals surface area contributed by atoms with E-state index in [1.165, 1.54) is 0 Å². The summed E-state index contributed by atoms with van der Waals surface area (Å²) in [4.78, 5) is 27.9. The highest BCUT2D eigenvalue weighted by molar-refractivity contribution is 6.04. The molecule has 0 bridgehead atoms. The van der Waals surface area contributed by atoms with Crippen molar-refractivity contribution in [1.82, 2.24) is 5.16 Å². The third-order valence-corrected chi connectivity index (χ3v) is 5.65. The van der Waals surface area contributed by atoms with Crippen LogP contribution in [0, 0.1) is 11.3 Å². The van der Waals surface area contributed by atoms with Crippen molar-refractivity contribution in [2.75, 3.05) is 23.4 Å². The Hall–Kier alpha value is -3.61. The molecule has 33 heavy (non-hydrogen) atoms. The number of nitrogens with one attached hydrogen (secondary N) is 1. The van der Waals surface area contributed by atoms with E-state index >= 15 is 0 Å². The first kappa shape index (κ1) is 22.6. The number of benzene rings is 2. The SMILES string of the molecule is CC(C)CCN1C(=O)C(C)(C)COc2ccc(NC(=O)c3cc(-c4ccccc4)on3)cc21. The molecular formula is C26H29N3O4. The molecule has 172 valence electrons. The van der Waals surface area contributed by atoms with Gasteiger partial charge in [0, 0.05) is 23.9 Å². The third-order valence-electron chi connectivity index (χ3n) is 5.65. The lowest BCUT2D eigenvalue weighted by Crippen LogP contribution is -2.42. The zero-order chi connectivity index (χ0) is 23.6. The molecule has 0 fully saturated rings. The predicted octanol–water partition coefficient (Wildman–Crippen LogP) is 5.39. The summed E-state index contributed by atoms with van der Waals surface area (Å²) in [5.41, 5.74) is 1.58. The Labute approximate surface area is 193 Å². The maximum absolute atomic E-state index is 13.3. The summed E-state index contributed by atoms with van der Waals surface area (Å²) in [6.45, 7) is 8.91. The highest BCUT2D eigenvalue weighted by atomic mass is 16.5. The van der Waals surface area contributed by atoms with Gasteiger partial charge in [-0.25, -0.2) is 0 Å². The minimum absolute atomic E-state index is 0.00869. The van der Waals surface area contributed by atoms with Crippen molar-refractivity contribution in [3.8, 4) is 17.1 Å². The van der Waals surface area contributed by atoms with Gasteiger partial charge in [0.2, 0.25) is 5.91 Å². The lowest BCUT2D eigenvalue weighted by Gasteiger charge is -2.28. The van der Waals surface area contributed by atoms with E-state index in [1.54, 1.807) is 29.2 Å². The van der Waals surface area contributed by atoms with Crippen LogP contribution in [-0.2, 0) is 4.79 Å². The minimum Gasteiger partial charge on any atom is -0.490 e. The average molecular weight is 448 g/mol. The van der Waals surface area contributed by atoms with Crippen LogP contribution in [0.25, 0.3) is 11.3 Å². The van der Waals surface area contributed by atoms with Crippen LogP contribution in [0.15, 0.2) is 59.1 Å². The molecule has 1 aromatic heterocycles. The molecule has 2 heterocycles. The number of aromatic nitrogens is 1. The predicted molar refractivity (Wildman–Crippen MR) is 127 cm³/mol. The van der Waals surface area contributed by atoms with E-state index in [1.807, 2.05) is 44.2 Å². The van der Waals surface area contributed by atoms with Gasteiger partial charge in [-0.3, -0.25) is 9.59 Å². The number of carbonyl (C=O) groups excluding carboxylic acids is 2. The van der Waals surface area contributed by atoms with Gasteiger partial charge in [-0.2, -0.15) is 0 Å². The summed E-state index contributed by atoms with van der Waals surface area (Å²) >= 11 is 0. The van der Waals surface area contributed by atoms with Crippen molar-refractivity contribution in [3.05, 3.63) is 60.3 Å². The van der Waals surface area contributed by atoms with Crippen molar-refractivity contribution in [2.24, 2.45) is 11.3 Å². The van der Waals surface area contributed by atoms with Crippen LogP contribution in [0.1, 0.15) is 44.6 Å². The Bertz CT molecular complexity index is 1150. The molecular weight excluding hydrogens is 418 g/mol. The van der Waals surface area contributed by atoms with Gasteiger partial charge < -0.3 is 19.5 Å². The number of hydrogen-bond acceptors (Lipinski definition) is 5. The summed E-state index contributed by atoms with van der Waals surface area (Å²) in [6.07, 6.45) is 0.860. The van der Waals surface area contributed by atoms with E-state index in [0.717, 1.165) is 12.0 Å². The van der Waals surface area contributed by atoms with Gasteiger partial charge in [-0.05, 0) is 44.4 Å². The number of carbonyl (C=O) groups is 2. The van der Waals surface area contributed by atoms with Crippen LogP contribution < -0.4 is 15.0 Å². The number of fused-ring (bicyclic) bond motifs is 1. The molecule has 1 aliphatic heterocycles. The Morgan fingerprint density at radius 2 is 1.91 bits per heavy atom. The molecule has 0 radical (unpaired) electrons. The van der Waals surface area contributed by atoms with E-state index in [2.05, 4.69) is 24.3 Å². The first-order valence-electron chi connectivity index (χ1n) is 11.2. The fraction of sp³-hybridized carbons (Fsp3) is 0.346. The summed E-state index contributed by atoms with van der Waals surface area (Å²) in [7, 11) is 0. The zero-order valence-corrected chi connectivity index (χ0v) is 19.4. The molecule has 1 N–H and O–H groups in total. The molecule has 2 aromatic carbocycles. The van der Waals surface area contributed by atoms with Crippen LogP contribution in [0.5, 0.6) is 5.75 Å². The highest BCUT2D eigenvalue weighted by Crippen LogP contribution is 2.38. The van der Waals surface area contributed by atoms with E-state index in [9.17, 15) is 9.59 Å². The summed E-state index contributed by atoms with van der Waals surface area (Å²) in [5, 5.41) is 6.77. The second kappa shape index (κ2) is 9.10. The van der Waals surface area contributed by atoms with E-state index in [0.29, 0.717) is 42.0 Å². The van der Waals surface area contributed by atoms with Crippen LogP contribution in [0.3, 0.4) is 0 Å². The molecule has 4 rings (SSSR count). The molecule has 2 amide bonds. The van der Waals surface area contributed by atoms with Gasteiger partial charge in [-0.1, -0.05) is 49.3 Å². The van der Waals surface area contributed by atoms with Crippen molar-refractivity contribution in [2.45, 2.75) is 34.1 Å². The molecule has 0 spiro atoms. The molecule has 0 aliphatic carbocycles. The molecule has 7 heteroatoms. The maximum atomic E-state index is 13.3. The second-order valence-electron chi connectivity index (χ2n) is 9.39. The number of hydrogen-bond donors (Lipinski definition) is 1. The van der Waals surface area contributed by atoms with Crippen molar-refractivity contribution < 1.29 is 18.8 Å². The molecule has 0 saturated carbocycles. The van der Waals surface area contributed by atoms with Gasteiger partial charge in [0.25, 0.3) is 5.91 Å². The fourth-order valence-electron chi connectivity index (χ4n) is 3.65. The maximum Gasteiger partial charge on any atom is 0.277 e. The fourth-order valence-corrected chi connectivity index (χ4v) is 3.65. The van der Waals surface area contributed by atoms with Crippen LogP contribution in [0.4, 0.5) is 11.4 Å². The number of amides is 2.